The van der Waals surface area contributed by atoms with Gasteiger partial charge in [-0.2, -0.15) is 0 Å². The van der Waals surface area contributed by atoms with Gasteiger partial charge in [0.15, 0.2) is 0 Å². The number of rotatable bonds is 4. The lowest BCUT2D eigenvalue weighted by Crippen LogP contribution is -2.35. The Morgan fingerprint density at radius 1 is 1.25 bits per heavy atom. The highest BCUT2D eigenvalue weighted by Crippen LogP contribution is 2.12. The summed E-state index contributed by atoms with van der Waals surface area (Å²) >= 11 is 0. The zero-order chi connectivity index (χ0) is 12.0. The summed E-state index contributed by atoms with van der Waals surface area (Å²) in [6.07, 6.45) is 4.33. The summed E-state index contributed by atoms with van der Waals surface area (Å²) in [5.41, 5.74) is 0. The summed E-state index contributed by atoms with van der Waals surface area (Å²) in [4.78, 5) is 15.5. The highest BCUT2D eigenvalue weighted by atomic mass is 16.2. The lowest BCUT2D eigenvalue weighted by molar-refractivity contribution is -0.129. The van der Waals surface area contributed by atoms with Gasteiger partial charge in [-0.1, -0.05) is 0 Å². The van der Waals surface area contributed by atoms with E-state index in [0.29, 0.717) is 12.5 Å². The van der Waals surface area contributed by atoms with Crippen molar-refractivity contribution in [3.05, 3.63) is 0 Å². The van der Waals surface area contributed by atoms with Gasteiger partial charge in [-0.15, -0.1) is 0 Å². The van der Waals surface area contributed by atoms with Gasteiger partial charge in [-0.05, 0) is 39.4 Å². The molecule has 1 saturated heterocycles. The number of hydrogen-bond donors (Lipinski definition) is 1. The Morgan fingerprint density at radius 3 is 2.69 bits per heavy atom. The van der Waals surface area contributed by atoms with Crippen molar-refractivity contribution < 1.29 is 4.79 Å². The molecule has 0 aromatic carbocycles. The van der Waals surface area contributed by atoms with Crippen molar-refractivity contribution in [2.45, 2.75) is 31.7 Å². The molecule has 94 valence electrons. The molecule has 1 N–H and O–H groups in total. The van der Waals surface area contributed by atoms with E-state index in [1.165, 1.54) is 19.3 Å². The van der Waals surface area contributed by atoms with Crippen LogP contribution >= 0.6 is 0 Å². The Kier molecular flexibility index (Phi) is 5.77. The van der Waals surface area contributed by atoms with Crippen molar-refractivity contribution in [2.24, 2.45) is 0 Å². The van der Waals surface area contributed by atoms with Crippen LogP contribution in [-0.4, -0.2) is 62.5 Å². The predicted octanol–water partition coefficient (Wildman–Crippen LogP) is 0.539. The topological polar surface area (TPSA) is 35.6 Å². The fourth-order valence-corrected chi connectivity index (χ4v) is 2.12. The normalized spacial score (nSPS) is 21.9. The van der Waals surface area contributed by atoms with E-state index in [2.05, 4.69) is 17.3 Å². The number of amides is 1. The average molecular weight is 227 g/mol. The Morgan fingerprint density at radius 2 is 2.00 bits per heavy atom. The van der Waals surface area contributed by atoms with Crippen molar-refractivity contribution in [1.29, 1.82) is 0 Å². The summed E-state index contributed by atoms with van der Waals surface area (Å²) < 4.78 is 0. The van der Waals surface area contributed by atoms with Crippen LogP contribution in [0.5, 0.6) is 0 Å². The first kappa shape index (κ1) is 13.5. The van der Waals surface area contributed by atoms with E-state index in [0.717, 1.165) is 19.6 Å². The lowest BCUT2D eigenvalue weighted by Gasteiger charge is -2.27. The number of nitrogens with zero attached hydrogens (tertiary/aromatic N) is 2. The second-order valence-corrected chi connectivity index (χ2v) is 4.85. The van der Waals surface area contributed by atoms with Gasteiger partial charge in [0.25, 0.3) is 0 Å². The van der Waals surface area contributed by atoms with Gasteiger partial charge in [-0.25, -0.2) is 0 Å². The van der Waals surface area contributed by atoms with Crippen LogP contribution in [0.4, 0.5) is 0 Å². The zero-order valence-corrected chi connectivity index (χ0v) is 10.8. The maximum atomic E-state index is 11.5. The summed E-state index contributed by atoms with van der Waals surface area (Å²) in [5, 5.41) is 3.41. The third-order valence-electron chi connectivity index (χ3n) is 3.35. The SMILES string of the molecule is CN(C)C(=O)CCN(C)C1CCCNCC1. The second-order valence-electron chi connectivity index (χ2n) is 4.85. The van der Waals surface area contributed by atoms with Gasteiger partial charge in [-0.3, -0.25) is 4.79 Å². The Bertz CT molecular complexity index is 210. The van der Waals surface area contributed by atoms with Crippen molar-refractivity contribution in [1.82, 2.24) is 15.1 Å². The van der Waals surface area contributed by atoms with Gasteiger partial charge < -0.3 is 15.1 Å². The Balaban J connectivity index is 2.27. The van der Waals surface area contributed by atoms with Crippen LogP contribution < -0.4 is 5.32 Å². The van der Waals surface area contributed by atoms with Crippen LogP contribution in [0.1, 0.15) is 25.7 Å². The van der Waals surface area contributed by atoms with E-state index in [1.54, 1.807) is 4.90 Å². The van der Waals surface area contributed by atoms with Crippen molar-refractivity contribution in [3.63, 3.8) is 0 Å². The molecule has 0 bridgehead atoms. The third kappa shape index (κ3) is 4.49. The molecule has 1 heterocycles. The monoisotopic (exact) mass is 227 g/mol. The molecule has 4 nitrogen and oxygen atoms in total. The molecule has 0 radical (unpaired) electrons. The molecule has 1 unspecified atom stereocenters. The van der Waals surface area contributed by atoms with Gasteiger partial charge in [0.05, 0.1) is 0 Å². The molecule has 1 aliphatic heterocycles. The van der Waals surface area contributed by atoms with Crippen LogP contribution in [0.3, 0.4) is 0 Å². The van der Waals surface area contributed by atoms with E-state index in [1.807, 2.05) is 14.1 Å². The average Bonchev–Trinajstić information content (AvgIpc) is 2.53. The smallest absolute Gasteiger partial charge is 0.223 e. The molecule has 4 heteroatoms. The first-order valence-electron chi connectivity index (χ1n) is 6.22. The molecular formula is C12H25N3O. The quantitative estimate of drug-likeness (QED) is 0.761. The maximum Gasteiger partial charge on any atom is 0.223 e. The maximum absolute atomic E-state index is 11.5. The van der Waals surface area contributed by atoms with Gasteiger partial charge >= 0.3 is 0 Å². The predicted molar refractivity (Wildman–Crippen MR) is 66.4 cm³/mol. The van der Waals surface area contributed by atoms with E-state index in [-0.39, 0.29) is 5.91 Å². The van der Waals surface area contributed by atoms with Crippen LogP contribution in [0.15, 0.2) is 0 Å². The molecule has 0 spiro atoms. The third-order valence-corrected chi connectivity index (χ3v) is 3.35. The Hall–Kier alpha value is -0.610. The summed E-state index contributed by atoms with van der Waals surface area (Å²) in [5.74, 6) is 0.221. The van der Waals surface area contributed by atoms with Crippen molar-refractivity contribution >= 4 is 5.91 Å². The van der Waals surface area contributed by atoms with Crippen LogP contribution in [-0.2, 0) is 4.79 Å². The van der Waals surface area contributed by atoms with E-state index < -0.39 is 0 Å². The molecular weight excluding hydrogens is 202 g/mol. The van der Waals surface area contributed by atoms with E-state index in [9.17, 15) is 4.79 Å². The van der Waals surface area contributed by atoms with Crippen LogP contribution in [0, 0.1) is 0 Å². The first-order chi connectivity index (χ1) is 7.61. The largest absolute Gasteiger partial charge is 0.349 e. The van der Waals surface area contributed by atoms with Gasteiger partial charge in [0.2, 0.25) is 5.91 Å². The second kappa shape index (κ2) is 6.86. The van der Waals surface area contributed by atoms with Gasteiger partial charge in [0, 0.05) is 33.1 Å². The van der Waals surface area contributed by atoms with E-state index in [4.69, 9.17) is 0 Å². The molecule has 1 rings (SSSR count). The molecule has 1 aliphatic rings. The molecule has 0 aromatic heterocycles. The minimum absolute atomic E-state index is 0.221. The Labute approximate surface area is 99.0 Å². The van der Waals surface area contributed by atoms with E-state index >= 15 is 0 Å². The highest BCUT2D eigenvalue weighted by Gasteiger charge is 2.17. The fraction of sp³-hybridized carbons (Fsp3) is 0.917. The fourth-order valence-electron chi connectivity index (χ4n) is 2.12. The summed E-state index contributed by atoms with van der Waals surface area (Å²) in [7, 11) is 5.77. The number of carbonyl (C=O) groups is 1. The van der Waals surface area contributed by atoms with Crippen LogP contribution in [0.2, 0.25) is 0 Å². The highest BCUT2D eigenvalue weighted by molar-refractivity contribution is 5.75. The number of carbonyl (C=O) groups excluding carboxylic acids is 1. The molecule has 0 aromatic rings. The number of hydrogen-bond acceptors (Lipinski definition) is 3. The molecule has 1 amide bonds. The van der Waals surface area contributed by atoms with Crippen LogP contribution in [0.25, 0.3) is 0 Å². The first-order valence-corrected chi connectivity index (χ1v) is 6.22. The molecule has 16 heavy (non-hydrogen) atoms. The minimum atomic E-state index is 0.221. The molecule has 1 fully saturated rings. The zero-order valence-electron chi connectivity index (χ0n) is 10.8. The lowest BCUT2D eigenvalue weighted by atomic mass is 10.1. The van der Waals surface area contributed by atoms with Crippen molar-refractivity contribution in [3.8, 4) is 0 Å². The van der Waals surface area contributed by atoms with Gasteiger partial charge in [0.1, 0.15) is 0 Å². The molecule has 1 atom stereocenters. The molecule has 0 aliphatic carbocycles. The van der Waals surface area contributed by atoms with Crippen molar-refractivity contribution in [2.75, 3.05) is 40.8 Å². The summed E-state index contributed by atoms with van der Waals surface area (Å²) in [6.45, 7) is 3.12. The standard InChI is InChI=1S/C12H25N3O/c1-14(2)12(16)7-10-15(3)11-5-4-8-13-9-6-11/h11,13H,4-10H2,1-3H3. The minimum Gasteiger partial charge on any atom is -0.349 e. The molecule has 0 saturated carbocycles. The number of nitrogens with one attached hydrogen (secondary N) is 1. The summed E-state index contributed by atoms with van der Waals surface area (Å²) in [6, 6.07) is 0.643.